The van der Waals surface area contributed by atoms with Crippen LogP contribution in [-0.4, -0.2) is 84.4 Å². The molecular weight excluding hydrogens is 374 g/mol. The van der Waals surface area contributed by atoms with Gasteiger partial charge in [-0.15, -0.1) is 0 Å². The first-order chi connectivity index (χ1) is 13.9. The van der Waals surface area contributed by atoms with Crippen molar-refractivity contribution < 1.29 is 23.5 Å². The lowest BCUT2D eigenvalue weighted by Gasteiger charge is -2.40. The number of carbonyl (C=O) groups is 3. The van der Waals surface area contributed by atoms with E-state index in [2.05, 4.69) is 4.90 Å². The van der Waals surface area contributed by atoms with Gasteiger partial charge < -0.3 is 19.0 Å². The van der Waals surface area contributed by atoms with Crippen LogP contribution in [0.25, 0.3) is 0 Å². The summed E-state index contributed by atoms with van der Waals surface area (Å²) in [5, 5.41) is 0. The summed E-state index contributed by atoms with van der Waals surface area (Å²) in [6.45, 7) is 9.36. The van der Waals surface area contributed by atoms with Crippen molar-refractivity contribution in [2.24, 2.45) is 5.92 Å². The fourth-order valence-corrected chi connectivity index (χ4v) is 4.07. The standard InChI is InChI=1S/C21H31N3O5/c1-4-28-21(27)17-6-5-9-24(14-17)19(25)16(3)22-10-12-23(13-11-22)20(26)18-8-7-15(2)29-18/h7-8,16-17H,4-6,9-14H2,1-3H3. The molecule has 0 radical (unpaired) electrons. The number of nitrogens with zero attached hydrogens (tertiary/aromatic N) is 3. The summed E-state index contributed by atoms with van der Waals surface area (Å²) in [6, 6.07) is 3.21. The van der Waals surface area contributed by atoms with Gasteiger partial charge in [-0.05, 0) is 45.7 Å². The van der Waals surface area contributed by atoms with Crippen molar-refractivity contribution in [2.45, 2.75) is 39.7 Å². The molecular formula is C21H31N3O5. The van der Waals surface area contributed by atoms with Gasteiger partial charge >= 0.3 is 5.97 Å². The van der Waals surface area contributed by atoms with E-state index < -0.39 is 0 Å². The Kier molecular flexibility index (Phi) is 6.95. The van der Waals surface area contributed by atoms with Crippen molar-refractivity contribution in [3.8, 4) is 0 Å². The second kappa shape index (κ2) is 9.43. The summed E-state index contributed by atoms with van der Waals surface area (Å²) in [5.41, 5.74) is 0. The van der Waals surface area contributed by atoms with Crippen LogP contribution in [0.1, 0.15) is 43.0 Å². The number of ether oxygens (including phenoxy) is 1. The van der Waals surface area contributed by atoms with Crippen molar-refractivity contribution in [3.05, 3.63) is 23.7 Å². The van der Waals surface area contributed by atoms with Gasteiger partial charge in [0.15, 0.2) is 5.76 Å². The minimum absolute atomic E-state index is 0.0421. The van der Waals surface area contributed by atoms with Crippen LogP contribution >= 0.6 is 0 Å². The zero-order valence-corrected chi connectivity index (χ0v) is 17.6. The monoisotopic (exact) mass is 405 g/mol. The molecule has 8 nitrogen and oxygen atoms in total. The zero-order valence-electron chi connectivity index (χ0n) is 17.6. The highest BCUT2D eigenvalue weighted by atomic mass is 16.5. The summed E-state index contributed by atoms with van der Waals surface area (Å²) in [4.78, 5) is 43.2. The van der Waals surface area contributed by atoms with Crippen LogP contribution in [0.4, 0.5) is 0 Å². The topological polar surface area (TPSA) is 83.3 Å². The van der Waals surface area contributed by atoms with Crippen molar-refractivity contribution in [2.75, 3.05) is 45.9 Å². The van der Waals surface area contributed by atoms with Gasteiger partial charge in [-0.2, -0.15) is 0 Å². The molecule has 2 atom stereocenters. The minimum atomic E-state index is -0.279. The number of furan rings is 1. The van der Waals surface area contributed by atoms with Crippen molar-refractivity contribution in [3.63, 3.8) is 0 Å². The Labute approximate surface area is 171 Å². The van der Waals surface area contributed by atoms with Crippen molar-refractivity contribution >= 4 is 17.8 Å². The van der Waals surface area contributed by atoms with Crippen LogP contribution in [0.3, 0.4) is 0 Å². The molecule has 8 heteroatoms. The third kappa shape index (κ3) is 4.98. The van der Waals surface area contributed by atoms with E-state index in [0.29, 0.717) is 57.4 Å². The van der Waals surface area contributed by atoms with Crippen LogP contribution in [0.5, 0.6) is 0 Å². The summed E-state index contributed by atoms with van der Waals surface area (Å²) in [5.74, 6) is 0.571. The maximum atomic E-state index is 13.0. The lowest BCUT2D eigenvalue weighted by molar-refractivity contribution is -0.152. The molecule has 2 fully saturated rings. The molecule has 0 N–H and O–H groups in total. The van der Waals surface area contributed by atoms with E-state index in [0.717, 1.165) is 12.8 Å². The lowest BCUT2D eigenvalue weighted by atomic mass is 9.97. The predicted octanol–water partition coefficient (Wildman–Crippen LogP) is 1.54. The largest absolute Gasteiger partial charge is 0.466 e. The van der Waals surface area contributed by atoms with Crippen LogP contribution in [-0.2, 0) is 14.3 Å². The molecule has 0 aliphatic carbocycles. The van der Waals surface area contributed by atoms with Gasteiger partial charge in [0.25, 0.3) is 5.91 Å². The molecule has 0 spiro atoms. The Morgan fingerprint density at radius 2 is 1.86 bits per heavy atom. The van der Waals surface area contributed by atoms with E-state index in [1.807, 2.05) is 13.8 Å². The highest BCUT2D eigenvalue weighted by Gasteiger charge is 2.34. The number of esters is 1. The smallest absolute Gasteiger partial charge is 0.310 e. The Balaban J connectivity index is 1.52. The van der Waals surface area contributed by atoms with Gasteiger partial charge in [-0.25, -0.2) is 0 Å². The molecule has 2 unspecified atom stereocenters. The number of amides is 2. The van der Waals surface area contributed by atoms with Crippen molar-refractivity contribution in [1.29, 1.82) is 0 Å². The molecule has 3 heterocycles. The van der Waals surface area contributed by atoms with E-state index in [9.17, 15) is 14.4 Å². The van der Waals surface area contributed by atoms with E-state index >= 15 is 0 Å². The molecule has 0 saturated carbocycles. The van der Waals surface area contributed by atoms with E-state index in [1.165, 1.54) is 0 Å². The fourth-order valence-electron chi connectivity index (χ4n) is 4.07. The molecule has 1 aromatic rings. The molecule has 160 valence electrons. The molecule has 29 heavy (non-hydrogen) atoms. The van der Waals surface area contributed by atoms with E-state index in [-0.39, 0.29) is 29.7 Å². The number of piperazine rings is 1. The lowest BCUT2D eigenvalue weighted by Crippen LogP contribution is -2.56. The van der Waals surface area contributed by atoms with Crippen LogP contribution in [0.2, 0.25) is 0 Å². The molecule has 2 amide bonds. The van der Waals surface area contributed by atoms with Gasteiger partial charge in [-0.1, -0.05) is 0 Å². The van der Waals surface area contributed by atoms with E-state index in [4.69, 9.17) is 9.15 Å². The van der Waals surface area contributed by atoms with Crippen molar-refractivity contribution in [1.82, 2.24) is 14.7 Å². The second-order valence-electron chi connectivity index (χ2n) is 7.79. The second-order valence-corrected chi connectivity index (χ2v) is 7.79. The molecule has 2 aliphatic rings. The van der Waals surface area contributed by atoms with Crippen LogP contribution in [0.15, 0.2) is 16.5 Å². The van der Waals surface area contributed by atoms with Gasteiger partial charge in [0, 0.05) is 39.3 Å². The van der Waals surface area contributed by atoms with Gasteiger partial charge in [-0.3, -0.25) is 19.3 Å². The zero-order chi connectivity index (χ0) is 21.0. The summed E-state index contributed by atoms with van der Waals surface area (Å²) < 4.78 is 10.6. The number of rotatable bonds is 5. The quantitative estimate of drug-likeness (QED) is 0.691. The van der Waals surface area contributed by atoms with E-state index in [1.54, 1.807) is 28.9 Å². The Bertz CT molecular complexity index is 738. The summed E-state index contributed by atoms with van der Waals surface area (Å²) in [6.07, 6.45) is 1.58. The number of carbonyl (C=O) groups excluding carboxylic acids is 3. The average Bonchev–Trinajstić information content (AvgIpc) is 3.19. The van der Waals surface area contributed by atoms with Crippen LogP contribution < -0.4 is 0 Å². The number of aryl methyl sites for hydroxylation is 1. The Morgan fingerprint density at radius 1 is 1.14 bits per heavy atom. The first-order valence-electron chi connectivity index (χ1n) is 10.5. The van der Waals surface area contributed by atoms with Crippen LogP contribution in [0, 0.1) is 12.8 Å². The summed E-state index contributed by atoms with van der Waals surface area (Å²) >= 11 is 0. The highest BCUT2D eigenvalue weighted by molar-refractivity contribution is 5.91. The number of hydrogen-bond acceptors (Lipinski definition) is 6. The number of likely N-dealkylation sites (tertiary alicyclic amines) is 1. The fraction of sp³-hybridized carbons (Fsp3) is 0.667. The first-order valence-corrected chi connectivity index (χ1v) is 10.5. The molecule has 0 bridgehead atoms. The molecule has 0 aromatic carbocycles. The molecule has 3 rings (SSSR count). The molecule has 2 aliphatic heterocycles. The highest BCUT2D eigenvalue weighted by Crippen LogP contribution is 2.20. The molecule has 1 aromatic heterocycles. The van der Waals surface area contributed by atoms with Gasteiger partial charge in [0.1, 0.15) is 5.76 Å². The number of piperidine rings is 1. The third-order valence-electron chi connectivity index (χ3n) is 5.81. The Morgan fingerprint density at radius 3 is 2.48 bits per heavy atom. The summed E-state index contributed by atoms with van der Waals surface area (Å²) in [7, 11) is 0. The maximum absolute atomic E-state index is 13.0. The minimum Gasteiger partial charge on any atom is -0.466 e. The average molecular weight is 405 g/mol. The normalized spacial score (nSPS) is 21.7. The third-order valence-corrected chi connectivity index (χ3v) is 5.81. The molecule has 2 saturated heterocycles. The van der Waals surface area contributed by atoms with Gasteiger partial charge in [0.05, 0.1) is 18.6 Å². The Hall–Kier alpha value is -2.35. The van der Waals surface area contributed by atoms with Gasteiger partial charge in [0.2, 0.25) is 5.91 Å². The SMILES string of the molecule is CCOC(=O)C1CCCN(C(=O)C(C)N2CCN(C(=O)c3ccc(C)o3)CC2)C1. The maximum Gasteiger partial charge on any atom is 0.310 e. The first kappa shape index (κ1) is 21.4. The predicted molar refractivity (Wildman–Crippen MR) is 106 cm³/mol. The number of hydrogen-bond donors (Lipinski definition) is 0.